The number of benzene rings is 1. The number of anilines is 1. The number of fused-ring (bicyclic) bond motifs is 1. The Hall–Kier alpha value is -1.79. The molecule has 1 amide bonds. The molecule has 4 nitrogen and oxygen atoms in total. The van der Waals surface area contributed by atoms with Crippen LogP contribution < -0.4 is 5.32 Å². The molecule has 0 saturated heterocycles. The molecule has 1 aliphatic carbocycles. The topological polar surface area (TPSA) is 55.4 Å². The number of ether oxygens (including phenoxy) is 1. The van der Waals surface area contributed by atoms with Gasteiger partial charge in [-0.05, 0) is 50.8 Å². The molecule has 0 fully saturated rings. The summed E-state index contributed by atoms with van der Waals surface area (Å²) in [4.78, 5) is 26.9. The van der Waals surface area contributed by atoms with Gasteiger partial charge in [-0.1, -0.05) is 17.7 Å². The smallest absolute Gasteiger partial charge is 0.341 e. The van der Waals surface area contributed by atoms with Crippen molar-refractivity contribution in [2.45, 2.75) is 38.0 Å². The highest BCUT2D eigenvalue weighted by Gasteiger charge is 2.28. The van der Waals surface area contributed by atoms with E-state index in [0.29, 0.717) is 22.9 Å². The standard InChI is InChI=1S/C19H21NO3S2/c1-3-23-19(22)17-14-5-4-6-15(14)25-18(17)20-16(21)11-24-13-9-7-12(2)8-10-13/h7-10H,3-6,11H2,1-2H3,(H,20,21). The molecule has 3 rings (SSSR count). The molecule has 1 N–H and O–H groups in total. The molecule has 1 aliphatic rings. The van der Waals surface area contributed by atoms with Crippen molar-refractivity contribution in [3.05, 3.63) is 45.8 Å². The van der Waals surface area contributed by atoms with Gasteiger partial charge in [0.05, 0.1) is 17.9 Å². The Labute approximate surface area is 156 Å². The third kappa shape index (κ3) is 4.25. The summed E-state index contributed by atoms with van der Waals surface area (Å²) in [5.41, 5.74) is 2.82. The van der Waals surface area contributed by atoms with E-state index in [1.54, 1.807) is 6.92 Å². The van der Waals surface area contributed by atoms with Gasteiger partial charge in [0.2, 0.25) is 5.91 Å². The summed E-state index contributed by atoms with van der Waals surface area (Å²) in [5.74, 6) is -0.118. The van der Waals surface area contributed by atoms with Crippen molar-refractivity contribution < 1.29 is 14.3 Å². The van der Waals surface area contributed by atoms with Crippen LogP contribution in [0.3, 0.4) is 0 Å². The minimum Gasteiger partial charge on any atom is -0.462 e. The number of thiophene rings is 1. The van der Waals surface area contributed by atoms with Crippen molar-refractivity contribution in [3.8, 4) is 0 Å². The zero-order valence-electron chi connectivity index (χ0n) is 14.4. The number of thioether (sulfide) groups is 1. The fourth-order valence-electron chi connectivity index (χ4n) is 2.86. The maximum Gasteiger partial charge on any atom is 0.341 e. The van der Waals surface area contributed by atoms with E-state index in [1.165, 1.54) is 33.5 Å². The van der Waals surface area contributed by atoms with Crippen LogP contribution in [0.5, 0.6) is 0 Å². The normalized spacial score (nSPS) is 12.7. The molecule has 1 aromatic carbocycles. The van der Waals surface area contributed by atoms with Crippen LogP contribution >= 0.6 is 23.1 Å². The highest BCUT2D eigenvalue weighted by atomic mass is 32.2. The zero-order valence-corrected chi connectivity index (χ0v) is 16.0. The minimum absolute atomic E-state index is 0.101. The average Bonchev–Trinajstić information content (AvgIpc) is 3.15. The van der Waals surface area contributed by atoms with Crippen molar-refractivity contribution in [1.29, 1.82) is 0 Å². The molecule has 0 aliphatic heterocycles. The highest BCUT2D eigenvalue weighted by molar-refractivity contribution is 8.00. The summed E-state index contributed by atoms with van der Waals surface area (Å²) in [6.45, 7) is 4.16. The van der Waals surface area contributed by atoms with Gasteiger partial charge in [0.25, 0.3) is 0 Å². The second kappa shape index (κ2) is 8.06. The quantitative estimate of drug-likeness (QED) is 0.598. The third-order valence-electron chi connectivity index (χ3n) is 4.04. The predicted molar refractivity (Wildman–Crippen MR) is 103 cm³/mol. The first-order valence-electron chi connectivity index (χ1n) is 8.39. The fourth-order valence-corrected chi connectivity index (χ4v) is 4.85. The fraction of sp³-hybridized carbons (Fsp3) is 0.368. The minimum atomic E-state index is -0.330. The molecule has 1 heterocycles. The van der Waals surface area contributed by atoms with Gasteiger partial charge < -0.3 is 10.1 Å². The van der Waals surface area contributed by atoms with Crippen LogP contribution in [0.25, 0.3) is 0 Å². The second-order valence-corrected chi connectivity index (χ2v) is 8.09. The van der Waals surface area contributed by atoms with Gasteiger partial charge >= 0.3 is 5.97 Å². The number of carbonyl (C=O) groups excluding carboxylic acids is 2. The molecular weight excluding hydrogens is 354 g/mol. The molecule has 25 heavy (non-hydrogen) atoms. The second-order valence-electron chi connectivity index (χ2n) is 5.93. The van der Waals surface area contributed by atoms with Gasteiger partial charge in [0, 0.05) is 9.77 Å². The summed E-state index contributed by atoms with van der Waals surface area (Å²) in [7, 11) is 0. The van der Waals surface area contributed by atoms with Crippen LogP contribution in [-0.2, 0) is 22.4 Å². The molecule has 0 saturated carbocycles. The summed E-state index contributed by atoms with van der Waals surface area (Å²) >= 11 is 3.00. The Morgan fingerprint density at radius 1 is 1.24 bits per heavy atom. The number of hydrogen-bond acceptors (Lipinski definition) is 5. The van der Waals surface area contributed by atoms with Crippen molar-refractivity contribution in [2.75, 3.05) is 17.7 Å². The Morgan fingerprint density at radius 2 is 2.00 bits per heavy atom. The Kier molecular flexibility index (Phi) is 5.81. The van der Waals surface area contributed by atoms with Crippen molar-refractivity contribution in [1.82, 2.24) is 0 Å². The van der Waals surface area contributed by atoms with Crippen LogP contribution in [0, 0.1) is 6.92 Å². The number of rotatable bonds is 6. The van der Waals surface area contributed by atoms with Crippen LogP contribution in [0.15, 0.2) is 29.2 Å². The molecular formula is C19H21NO3S2. The lowest BCUT2D eigenvalue weighted by atomic mass is 10.1. The van der Waals surface area contributed by atoms with E-state index in [2.05, 4.69) is 5.32 Å². The molecule has 0 radical (unpaired) electrons. The third-order valence-corrected chi connectivity index (χ3v) is 6.26. The summed E-state index contributed by atoms with van der Waals surface area (Å²) in [6.07, 6.45) is 2.92. The van der Waals surface area contributed by atoms with Gasteiger partial charge in [-0.3, -0.25) is 4.79 Å². The van der Waals surface area contributed by atoms with Gasteiger partial charge in [-0.2, -0.15) is 0 Å². The SMILES string of the molecule is CCOC(=O)c1c(NC(=O)CSc2ccc(C)cc2)sc2c1CCC2. The highest BCUT2D eigenvalue weighted by Crippen LogP contribution is 2.39. The summed E-state index contributed by atoms with van der Waals surface area (Å²) in [6, 6.07) is 8.08. The van der Waals surface area contributed by atoms with E-state index in [0.717, 1.165) is 29.7 Å². The largest absolute Gasteiger partial charge is 0.462 e. The molecule has 0 spiro atoms. The number of esters is 1. The zero-order chi connectivity index (χ0) is 17.8. The van der Waals surface area contributed by atoms with E-state index >= 15 is 0 Å². The van der Waals surface area contributed by atoms with Gasteiger partial charge in [0.15, 0.2) is 0 Å². The van der Waals surface area contributed by atoms with Crippen molar-refractivity contribution >= 4 is 40.0 Å². The van der Waals surface area contributed by atoms with E-state index in [4.69, 9.17) is 4.74 Å². The van der Waals surface area contributed by atoms with Gasteiger partial charge in [0.1, 0.15) is 5.00 Å². The molecule has 1 aromatic heterocycles. The number of nitrogens with one attached hydrogen (secondary N) is 1. The predicted octanol–water partition coefficient (Wildman–Crippen LogP) is 4.45. The monoisotopic (exact) mass is 375 g/mol. The maximum atomic E-state index is 12.3. The van der Waals surface area contributed by atoms with Gasteiger partial charge in [-0.25, -0.2) is 4.79 Å². The van der Waals surface area contributed by atoms with E-state index in [9.17, 15) is 9.59 Å². The lowest BCUT2D eigenvalue weighted by Gasteiger charge is -2.08. The first-order chi connectivity index (χ1) is 12.1. The maximum absolute atomic E-state index is 12.3. The van der Waals surface area contributed by atoms with Crippen LogP contribution in [0.4, 0.5) is 5.00 Å². The van der Waals surface area contributed by atoms with Gasteiger partial charge in [-0.15, -0.1) is 23.1 Å². The molecule has 0 atom stereocenters. The number of hydrogen-bond donors (Lipinski definition) is 1. The van der Waals surface area contributed by atoms with Crippen LogP contribution in [0.2, 0.25) is 0 Å². The first-order valence-corrected chi connectivity index (χ1v) is 10.2. The number of amides is 1. The molecule has 0 unspecified atom stereocenters. The van der Waals surface area contributed by atoms with E-state index in [1.807, 2.05) is 31.2 Å². The molecule has 132 valence electrons. The average molecular weight is 376 g/mol. The van der Waals surface area contributed by atoms with Crippen LogP contribution in [0.1, 0.15) is 39.7 Å². The Balaban J connectivity index is 1.68. The van der Waals surface area contributed by atoms with Crippen LogP contribution in [-0.4, -0.2) is 24.2 Å². The van der Waals surface area contributed by atoms with Crippen molar-refractivity contribution in [3.63, 3.8) is 0 Å². The summed E-state index contributed by atoms with van der Waals surface area (Å²) < 4.78 is 5.19. The Morgan fingerprint density at radius 3 is 2.72 bits per heavy atom. The lowest BCUT2D eigenvalue weighted by molar-refractivity contribution is -0.113. The first kappa shape index (κ1) is 18.0. The molecule has 2 aromatic rings. The van der Waals surface area contributed by atoms with E-state index < -0.39 is 0 Å². The number of carbonyl (C=O) groups is 2. The molecule has 0 bridgehead atoms. The summed E-state index contributed by atoms with van der Waals surface area (Å²) in [5, 5.41) is 3.56. The lowest BCUT2D eigenvalue weighted by Crippen LogP contribution is -2.16. The number of aryl methyl sites for hydroxylation is 2. The van der Waals surface area contributed by atoms with Crippen molar-refractivity contribution in [2.24, 2.45) is 0 Å². The Bertz CT molecular complexity index is 781. The molecule has 6 heteroatoms. The van der Waals surface area contributed by atoms with E-state index in [-0.39, 0.29) is 11.9 Å².